The molecule has 1 heterocycles. The second-order valence-corrected chi connectivity index (χ2v) is 5.51. The second-order valence-electron chi connectivity index (χ2n) is 4.72. The lowest BCUT2D eigenvalue weighted by atomic mass is 10.2. The number of aryl methyl sites for hydroxylation is 3. The first-order valence-corrected chi connectivity index (χ1v) is 7.44. The Morgan fingerprint density at radius 1 is 1.40 bits per heavy atom. The van der Waals surface area contributed by atoms with Crippen molar-refractivity contribution in [3.63, 3.8) is 0 Å². The number of rotatable bonds is 5. The average Bonchev–Trinajstić information content (AvgIpc) is 2.72. The molecule has 2 aromatic rings. The summed E-state index contributed by atoms with van der Waals surface area (Å²) in [6.45, 7) is 4.91. The lowest BCUT2D eigenvalue weighted by Crippen LogP contribution is -2.07. The molecular formula is C15H20BrN3O. The number of anilines is 1. The third-order valence-corrected chi connectivity index (χ3v) is 4.30. The summed E-state index contributed by atoms with van der Waals surface area (Å²) in [6, 6.07) is 6.03. The monoisotopic (exact) mass is 337 g/mol. The maximum Gasteiger partial charge on any atom is 0.119 e. The predicted molar refractivity (Wildman–Crippen MR) is 85.3 cm³/mol. The molecule has 20 heavy (non-hydrogen) atoms. The van der Waals surface area contributed by atoms with Gasteiger partial charge in [0.05, 0.1) is 29.5 Å². The van der Waals surface area contributed by atoms with Gasteiger partial charge in [0.25, 0.3) is 0 Å². The summed E-state index contributed by atoms with van der Waals surface area (Å²) < 4.78 is 8.24. The molecule has 0 saturated carbocycles. The summed E-state index contributed by atoms with van der Waals surface area (Å²) in [5.41, 5.74) is 4.52. The van der Waals surface area contributed by atoms with Crippen LogP contribution in [0.5, 0.6) is 5.75 Å². The molecule has 0 spiro atoms. The fourth-order valence-electron chi connectivity index (χ4n) is 2.15. The SMILES string of the molecule is CCc1nn(C)c(CNc2ccc(OC)cc2C)c1Br. The Balaban J connectivity index is 2.15. The molecule has 108 valence electrons. The van der Waals surface area contributed by atoms with Crippen LogP contribution in [0.25, 0.3) is 0 Å². The molecule has 1 aromatic carbocycles. The number of aromatic nitrogens is 2. The normalized spacial score (nSPS) is 10.7. The van der Waals surface area contributed by atoms with Gasteiger partial charge in [-0.15, -0.1) is 0 Å². The first-order valence-electron chi connectivity index (χ1n) is 6.65. The van der Waals surface area contributed by atoms with Crippen molar-refractivity contribution in [2.75, 3.05) is 12.4 Å². The smallest absolute Gasteiger partial charge is 0.119 e. The Morgan fingerprint density at radius 2 is 2.15 bits per heavy atom. The highest BCUT2D eigenvalue weighted by Gasteiger charge is 2.12. The van der Waals surface area contributed by atoms with Gasteiger partial charge in [-0.2, -0.15) is 5.10 Å². The van der Waals surface area contributed by atoms with Gasteiger partial charge in [-0.3, -0.25) is 4.68 Å². The van der Waals surface area contributed by atoms with Crippen LogP contribution in [0.2, 0.25) is 0 Å². The van der Waals surface area contributed by atoms with Crippen LogP contribution < -0.4 is 10.1 Å². The van der Waals surface area contributed by atoms with Gasteiger partial charge in [0.1, 0.15) is 5.75 Å². The number of methoxy groups -OCH3 is 1. The number of benzene rings is 1. The second kappa shape index (κ2) is 6.31. The van der Waals surface area contributed by atoms with Gasteiger partial charge in [-0.1, -0.05) is 6.92 Å². The molecule has 1 N–H and O–H groups in total. The maximum atomic E-state index is 5.22. The molecule has 0 bridgehead atoms. The number of nitrogens with one attached hydrogen (secondary N) is 1. The molecule has 0 aliphatic rings. The van der Waals surface area contributed by atoms with Crippen molar-refractivity contribution in [2.24, 2.45) is 7.05 Å². The van der Waals surface area contributed by atoms with Gasteiger partial charge in [0, 0.05) is 12.7 Å². The minimum absolute atomic E-state index is 0.733. The zero-order chi connectivity index (χ0) is 14.7. The number of ether oxygens (including phenoxy) is 1. The standard InChI is InChI=1S/C15H20BrN3O/c1-5-12-15(16)14(19(3)18-12)9-17-13-7-6-11(20-4)8-10(13)2/h6-8,17H,5,9H2,1-4H3. The summed E-state index contributed by atoms with van der Waals surface area (Å²) in [5, 5.41) is 7.95. The highest BCUT2D eigenvalue weighted by Crippen LogP contribution is 2.25. The Bertz CT molecular complexity index is 607. The van der Waals surface area contributed by atoms with Crippen molar-refractivity contribution in [1.29, 1.82) is 0 Å². The third-order valence-electron chi connectivity index (χ3n) is 3.38. The van der Waals surface area contributed by atoms with Crippen molar-refractivity contribution in [1.82, 2.24) is 9.78 Å². The van der Waals surface area contributed by atoms with Crippen LogP contribution in [-0.2, 0) is 20.0 Å². The largest absolute Gasteiger partial charge is 0.497 e. The summed E-state index contributed by atoms with van der Waals surface area (Å²) in [6.07, 6.45) is 0.927. The van der Waals surface area contributed by atoms with Crippen LogP contribution in [-0.4, -0.2) is 16.9 Å². The van der Waals surface area contributed by atoms with Gasteiger partial charge >= 0.3 is 0 Å². The van der Waals surface area contributed by atoms with Crippen molar-refractivity contribution < 1.29 is 4.74 Å². The Morgan fingerprint density at radius 3 is 2.70 bits per heavy atom. The summed E-state index contributed by atoms with van der Waals surface area (Å²) >= 11 is 3.63. The van der Waals surface area contributed by atoms with Crippen LogP contribution in [0.4, 0.5) is 5.69 Å². The molecule has 0 aliphatic carbocycles. The van der Waals surface area contributed by atoms with Gasteiger partial charge < -0.3 is 10.1 Å². The van der Waals surface area contributed by atoms with E-state index in [9.17, 15) is 0 Å². The minimum atomic E-state index is 0.733. The first kappa shape index (κ1) is 14.9. The topological polar surface area (TPSA) is 39.1 Å². The lowest BCUT2D eigenvalue weighted by molar-refractivity contribution is 0.414. The van der Waals surface area contributed by atoms with Gasteiger partial charge in [0.15, 0.2) is 0 Å². The number of halogens is 1. The van der Waals surface area contributed by atoms with Gasteiger partial charge in [-0.05, 0) is 53.0 Å². The van der Waals surface area contributed by atoms with Gasteiger partial charge in [0.2, 0.25) is 0 Å². The van der Waals surface area contributed by atoms with Crippen molar-refractivity contribution in [2.45, 2.75) is 26.8 Å². The van der Waals surface area contributed by atoms with Crippen LogP contribution in [0, 0.1) is 6.92 Å². The molecule has 4 nitrogen and oxygen atoms in total. The van der Waals surface area contributed by atoms with E-state index in [0.29, 0.717) is 0 Å². The summed E-state index contributed by atoms with van der Waals surface area (Å²) in [7, 11) is 3.66. The lowest BCUT2D eigenvalue weighted by Gasteiger charge is -2.11. The molecule has 0 fully saturated rings. The predicted octanol–water partition coefficient (Wildman–Crippen LogP) is 3.67. The van der Waals surface area contributed by atoms with Crippen molar-refractivity contribution in [3.8, 4) is 5.75 Å². The van der Waals surface area contributed by atoms with E-state index in [-0.39, 0.29) is 0 Å². The van der Waals surface area contributed by atoms with E-state index in [4.69, 9.17) is 4.74 Å². The highest BCUT2D eigenvalue weighted by atomic mass is 79.9. The van der Waals surface area contributed by atoms with E-state index in [1.54, 1.807) is 7.11 Å². The third kappa shape index (κ3) is 2.98. The van der Waals surface area contributed by atoms with Gasteiger partial charge in [-0.25, -0.2) is 0 Å². The molecule has 0 amide bonds. The molecule has 0 unspecified atom stereocenters. The number of nitrogens with zero attached hydrogens (tertiary/aromatic N) is 2. The number of hydrogen-bond acceptors (Lipinski definition) is 3. The van der Waals surface area contributed by atoms with Crippen LogP contribution in [0.3, 0.4) is 0 Å². The van der Waals surface area contributed by atoms with E-state index in [2.05, 4.69) is 40.2 Å². The maximum absolute atomic E-state index is 5.22. The average molecular weight is 338 g/mol. The molecule has 0 radical (unpaired) electrons. The van der Waals surface area contributed by atoms with Crippen LogP contribution in [0.1, 0.15) is 23.9 Å². The van der Waals surface area contributed by atoms with E-state index in [1.807, 2.05) is 29.9 Å². The molecule has 0 atom stereocenters. The Labute approximate surface area is 128 Å². The fourth-order valence-corrected chi connectivity index (χ4v) is 2.91. The van der Waals surface area contributed by atoms with E-state index >= 15 is 0 Å². The molecule has 0 saturated heterocycles. The van der Waals surface area contributed by atoms with Crippen molar-refractivity contribution in [3.05, 3.63) is 39.6 Å². The molecule has 5 heteroatoms. The first-order chi connectivity index (χ1) is 9.56. The van der Waals surface area contributed by atoms with E-state index in [1.165, 1.54) is 5.56 Å². The van der Waals surface area contributed by atoms with Crippen LogP contribution in [0.15, 0.2) is 22.7 Å². The zero-order valence-corrected chi connectivity index (χ0v) is 13.9. The molecule has 1 aromatic heterocycles. The van der Waals surface area contributed by atoms with Crippen molar-refractivity contribution >= 4 is 21.6 Å². The number of hydrogen-bond donors (Lipinski definition) is 1. The zero-order valence-electron chi connectivity index (χ0n) is 12.3. The fraction of sp³-hybridized carbons (Fsp3) is 0.400. The summed E-state index contributed by atoms with van der Waals surface area (Å²) in [5.74, 6) is 0.878. The van der Waals surface area contributed by atoms with E-state index < -0.39 is 0 Å². The molecular weight excluding hydrogens is 318 g/mol. The molecule has 2 rings (SSSR count). The Hall–Kier alpha value is -1.49. The Kier molecular flexibility index (Phi) is 4.70. The van der Waals surface area contributed by atoms with Crippen LogP contribution >= 0.6 is 15.9 Å². The molecule has 0 aliphatic heterocycles. The minimum Gasteiger partial charge on any atom is -0.497 e. The quantitative estimate of drug-likeness (QED) is 0.904. The highest BCUT2D eigenvalue weighted by molar-refractivity contribution is 9.10. The summed E-state index contributed by atoms with van der Waals surface area (Å²) in [4.78, 5) is 0. The van der Waals surface area contributed by atoms with E-state index in [0.717, 1.165) is 40.3 Å².